The number of aliphatic hydroxyl groups is 1. The summed E-state index contributed by atoms with van der Waals surface area (Å²) in [7, 11) is 0. The van der Waals surface area contributed by atoms with Crippen LogP contribution >= 0.6 is 0 Å². The molecule has 0 spiro atoms. The van der Waals surface area contributed by atoms with Gasteiger partial charge in [0.05, 0.1) is 6.04 Å². The van der Waals surface area contributed by atoms with Crippen LogP contribution in [0.25, 0.3) is 0 Å². The number of carbonyl (C=O) groups is 2. The monoisotopic (exact) mass is 537 g/mol. The summed E-state index contributed by atoms with van der Waals surface area (Å²) in [6.07, 6.45) is 0.146. The number of nitrogens with zero attached hydrogens (tertiary/aromatic N) is 1. The number of hydrogen-bond donors (Lipinski definition) is 1. The first-order chi connectivity index (χ1) is 19.2. The van der Waals surface area contributed by atoms with E-state index in [9.17, 15) is 19.1 Å². The quantitative estimate of drug-likeness (QED) is 0.265. The van der Waals surface area contributed by atoms with Crippen molar-refractivity contribution in [2.75, 3.05) is 4.90 Å². The second-order valence-electron chi connectivity index (χ2n) is 10.7. The number of aryl methyl sites for hydroxylation is 2. The van der Waals surface area contributed by atoms with Crippen molar-refractivity contribution in [3.8, 4) is 5.75 Å². The van der Waals surface area contributed by atoms with Gasteiger partial charge < -0.3 is 9.84 Å². The molecule has 4 aromatic carbocycles. The molecule has 5 nitrogen and oxygen atoms in total. The number of anilines is 1. The third kappa shape index (κ3) is 5.40. The van der Waals surface area contributed by atoms with Gasteiger partial charge in [-0.3, -0.25) is 14.5 Å². The van der Waals surface area contributed by atoms with E-state index in [-0.39, 0.29) is 11.7 Å². The Hall–Kier alpha value is -4.29. The van der Waals surface area contributed by atoms with Crippen LogP contribution in [-0.4, -0.2) is 28.5 Å². The highest BCUT2D eigenvalue weighted by Gasteiger charge is 2.48. The molecule has 1 N–H and O–H groups in total. The van der Waals surface area contributed by atoms with Crippen molar-refractivity contribution < 1.29 is 23.8 Å². The van der Waals surface area contributed by atoms with Crippen LogP contribution < -0.4 is 9.64 Å². The van der Waals surface area contributed by atoms with E-state index < -0.39 is 23.6 Å². The van der Waals surface area contributed by atoms with Crippen LogP contribution in [0, 0.1) is 5.82 Å². The number of ether oxygens (including phenoxy) is 1. The van der Waals surface area contributed by atoms with E-state index in [1.807, 2.05) is 42.5 Å². The number of Topliss-reactive ketones (excluding diaryl/α,β-unsaturated/α-hetero) is 1. The summed E-state index contributed by atoms with van der Waals surface area (Å²) in [4.78, 5) is 28.3. The molecule has 6 heteroatoms. The van der Waals surface area contributed by atoms with Crippen molar-refractivity contribution in [2.24, 2.45) is 0 Å². The van der Waals surface area contributed by atoms with Crippen molar-refractivity contribution in [1.29, 1.82) is 0 Å². The molecule has 0 bridgehead atoms. The summed E-state index contributed by atoms with van der Waals surface area (Å²) >= 11 is 0. The van der Waals surface area contributed by atoms with Gasteiger partial charge in [0.2, 0.25) is 0 Å². The minimum atomic E-state index is -1.16. The van der Waals surface area contributed by atoms with Crippen LogP contribution in [0.1, 0.15) is 64.2 Å². The molecule has 0 saturated carbocycles. The first-order valence-electron chi connectivity index (χ1n) is 13.4. The van der Waals surface area contributed by atoms with E-state index in [0.717, 1.165) is 17.5 Å². The van der Waals surface area contributed by atoms with Crippen LogP contribution in [0.2, 0.25) is 0 Å². The molecule has 2 atom stereocenters. The SMILES string of the molecule is CC(=O)c1cc(CCc2ccccc2)c2c(c1)[C@H](N(C(=O)c1ccccc1)c1ccc(F)cc1)[C@@H](O)C(C)(C)O2. The molecule has 1 amide bonds. The predicted molar refractivity (Wildman–Crippen MR) is 153 cm³/mol. The number of carbonyl (C=O) groups excluding carboxylic acids is 2. The molecule has 1 aliphatic heterocycles. The zero-order valence-corrected chi connectivity index (χ0v) is 22.8. The van der Waals surface area contributed by atoms with Gasteiger partial charge in [-0.2, -0.15) is 0 Å². The molecule has 1 heterocycles. The Morgan fingerprint density at radius 3 is 2.12 bits per heavy atom. The highest BCUT2D eigenvalue weighted by molar-refractivity contribution is 6.07. The molecule has 5 rings (SSSR count). The number of benzene rings is 4. The van der Waals surface area contributed by atoms with Crippen molar-refractivity contribution in [3.63, 3.8) is 0 Å². The standard InChI is InChI=1S/C34H32FNO4/c1-22(37)26-20-25(15-14-23-10-6-4-7-11-23)31-29(21-26)30(32(38)34(2,3)40-31)36(28-18-16-27(35)17-19-28)33(39)24-12-8-5-9-13-24/h4-13,16-21,30,32,38H,14-15H2,1-3H3/t30-,32+/m0/s1. The summed E-state index contributed by atoms with van der Waals surface area (Å²) < 4.78 is 20.4. The Labute approximate surface area is 233 Å². The van der Waals surface area contributed by atoms with Crippen molar-refractivity contribution in [1.82, 2.24) is 0 Å². The normalized spacial score (nSPS) is 17.4. The molecule has 4 aromatic rings. The maximum atomic E-state index is 14.1. The number of aliphatic hydroxyl groups excluding tert-OH is 1. The highest BCUT2D eigenvalue weighted by Crippen LogP contribution is 2.47. The maximum Gasteiger partial charge on any atom is 0.258 e. The second-order valence-corrected chi connectivity index (χ2v) is 10.7. The molecule has 0 aromatic heterocycles. The molecule has 0 unspecified atom stereocenters. The number of fused-ring (bicyclic) bond motifs is 1. The van der Waals surface area contributed by atoms with Gasteiger partial charge in [-0.05, 0) is 93.3 Å². The van der Waals surface area contributed by atoms with Gasteiger partial charge >= 0.3 is 0 Å². The van der Waals surface area contributed by atoms with E-state index in [1.54, 1.807) is 44.2 Å². The summed E-state index contributed by atoms with van der Waals surface area (Å²) in [6, 6.07) is 27.1. The first-order valence-corrected chi connectivity index (χ1v) is 13.4. The number of halogens is 1. The molecule has 40 heavy (non-hydrogen) atoms. The zero-order chi connectivity index (χ0) is 28.4. The van der Waals surface area contributed by atoms with Gasteiger partial charge in [-0.1, -0.05) is 48.5 Å². The molecule has 204 valence electrons. The Morgan fingerprint density at radius 1 is 0.875 bits per heavy atom. The Morgan fingerprint density at radius 2 is 1.50 bits per heavy atom. The van der Waals surface area contributed by atoms with Gasteiger partial charge in [-0.15, -0.1) is 0 Å². The number of hydrogen-bond acceptors (Lipinski definition) is 4. The molecule has 1 aliphatic rings. The second kappa shape index (κ2) is 11.1. The lowest BCUT2D eigenvalue weighted by molar-refractivity contribution is -0.0582. The topological polar surface area (TPSA) is 66.8 Å². The van der Waals surface area contributed by atoms with E-state index in [2.05, 4.69) is 0 Å². The fourth-order valence-corrected chi connectivity index (χ4v) is 5.25. The molecule has 0 radical (unpaired) electrons. The van der Waals surface area contributed by atoms with Crippen LogP contribution in [0.3, 0.4) is 0 Å². The Balaban J connectivity index is 1.70. The minimum absolute atomic E-state index is 0.135. The van der Waals surface area contributed by atoms with E-state index >= 15 is 0 Å². The lowest BCUT2D eigenvalue weighted by Gasteiger charge is -2.47. The number of rotatable bonds is 7. The predicted octanol–water partition coefficient (Wildman–Crippen LogP) is 6.73. The van der Waals surface area contributed by atoms with Crippen molar-refractivity contribution in [3.05, 3.63) is 131 Å². The van der Waals surface area contributed by atoms with Gasteiger partial charge in [0.25, 0.3) is 5.91 Å². The van der Waals surface area contributed by atoms with Crippen LogP contribution in [0.15, 0.2) is 97.1 Å². The minimum Gasteiger partial charge on any atom is -0.484 e. The maximum absolute atomic E-state index is 14.1. The average molecular weight is 538 g/mol. The summed E-state index contributed by atoms with van der Waals surface area (Å²) in [6.45, 7) is 5.06. The molecular weight excluding hydrogens is 505 g/mol. The number of ketones is 1. The largest absolute Gasteiger partial charge is 0.484 e. The zero-order valence-electron chi connectivity index (χ0n) is 22.8. The summed E-state index contributed by atoms with van der Waals surface area (Å²) in [5.74, 6) is -0.385. The third-order valence-corrected chi connectivity index (χ3v) is 7.44. The molecule has 0 saturated heterocycles. The van der Waals surface area contributed by atoms with Crippen molar-refractivity contribution in [2.45, 2.75) is 51.4 Å². The third-order valence-electron chi connectivity index (χ3n) is 7.44. The van der Waals surface area contributed by atoms with Gasteiger partial charge in [0.15, 0.2) is 5.78 Å². The lowest BCUT2D eigenvalue weighted by Crippen LogP contribution is -2.55. The highest BCUT2D eigenvalue weighted by atomic mass is 19.1. The fourth-order valence-electron chi connectivity index (χ4n) is 5.25. The van der Waals surface area contributed by atoms with Crippen LogP contribution in [0.4, 0.5) is 10.1 Å². The smallest absolute Gasteiger partial charge is 0.258 e. The fraction of sp³-hybridized carbons (Fsp3) is 0.235. The summed E-state index contributed by atoms with van der Waals surface area (Å²) in [5.41, 5.74) is 2.72. The summed E-state index contributed by atoms with van der Waals surface area (Å²) in [5, 5.41) is 11.8. The van der Waals surface area contributed by atoms with E-state index in [1.165, 1.54) is 36.1 Å². The van der Waals surface area contributed by atoms with Gasteiger partial charge in [-0.25, -0.2) is 4.39 Å². The molecule has 0 aliphatic carbocycles. The Bertz CT molecular complexity index is 1520. The molecular formula is C34H32FNO4. The van der Waals surface area contributed by atoms with Gasteiger partial charge in [0.1, 0.15) is 23.3 Å². The lowest BCUT2D eigenvalue weighted by atomic mass is 9.82. The van der Waals surface area contributed by atoms with E-state index in [4.69, 9.17) is 4.74 Å². The van der Waals surface area contributed by atoms with E-state index in [0.29, 0.717) is 34.5 Å². The van der Waals surface area contributed by atoms with Gasteiger partial charge in [0, 0.05) is 22.4 Å². The number of amides is 1. The Kier molecular flexibility index (Phi) is 7.55. The average Bonchev–Trinajstić information content (AvgIpc) is 2.95. The van der Waals surface area contributed by atoms with Crippen LogP contribution in [0.5, 0.6) is 5.75 Å². The molecule has 0 fully saturated rings. The van der Waals surface area contributed by atoms with Crippen molar-refractivity contribution >= 4 is 17.4 Å². The van der Waals surface area contributed by atoms with Crippen LogP contribution in [-0.2, 0) is 12.8 Å². The first kappa shape index (κ1) is 27.3.